The van der Waals surface area contributed by atoms with Crippen molar-refractivity contribution in [2.45, 2.75) is 64.6 Å². The van der Waals surface area contributed by atoms with Crippen LogP contribution in [0.3, 0.4) is 0 Å². The molecule has 0 aliphatic carbocycles. The Morgan fingerprint density at radius 2 is 2.08 bits per heavy atom. The fourth-order valence-electron chi connectivity index (χ4n) is 2.68. The number of amides is 2. The molecule has 2 unspecified atom stereocenters. The fraction of sp³-hybridized carbons (Fsp3) is 0.647. The molecule has 0 saturated carbocycles. The Morgan fingerprint density at radius 1 is 1.38 bits per heavy atom. The van der Waals surface area contributed by atoms with Gasteiger partial charge in [0.2, 0.25) is 5.91 Å². The molecule has 2 heterocycles. The van der Waals surface area contributed by atoms with Crippen LogP contribution in [-0.4, -0.2) is 35.1 Å². The number of carbonyl (C=O) groups is 2. The number of piperidine rings is 1. The quantitative estimate of drug-likeness (QED) is 0.857. The van der Waals surface area contributed by atoms with Crippen molar-refractivity contribution in [2.75, 3.05) is 6.54 Å². The van der Waals surface area contributed by atoms with E-state index in [0.717, 1.165) is 17.7 Å². The van der Waals surface area contributed by atoms with Crippen molar-refractivity contribution in [3.63, 3.8) is 0 Å². The molecule has 1 aromatic heterocycles. The standard InChI is InChI=1S/C17H25ClN2O3S/c1-11(13-8-9-14(18)24-13)19-15(21)12-7-5-6-10-20(12)16(22)23-17(2,3)4/h8-9,11-12H,5-7,10H2,1-4H3,(H,19,21). The third-order valence-corrected chi connectivity index (χ3v) is 5.23. The van der Waals surface area contributed by atoms with Crippen LogP contribution in [0.1, 0.15) is 57.9 Å². The van der Waals surface area contributed by atoms with Crippen molar-refractivity contribution in [1.29, 1.82) is 0 Å². The first-order chi connectivity index (χ1) is 11.2. The predicted molar refractivity (Wildman–Crippen MR) is 96.5 cm³/mol. The molecule has 5 nitrogen and oxygen atoms in total. The van der Waals surface area contributed by atoms with Crippen molar-refractivity contribution >= 4 is 34.9 Å². The second-order valence-electron chi connectivity index (χ2n) is 7.06. The molecule has 1 aliphatic rings. The van der Waals surface area contributed by atoms with Gasteiger partial charge in [0.25, 0.3) is 0 Å². The van der Waals surface area contributed by atoms with Crippen molar-refractivity contribution in [1.82, 2.24) is 10.2 Å². The molecule has 7 heteroatoms. The summed E-state index contributed by atoms with van der Waals surface area (Å²) in [4.78, 5) is 27.6. The maximum absolute atomic E-state index is 12.7. The number of carbonyl (C=O) groups excluding carboxylic acids is 2. The van der Waals surface area contributed by atoms with Crippen LogP contribution in [0.25, 0.3) is 0 Å². The molecule has 1 saturated heterocycles. The molecule has 2 amide bonds. The van der Waals surface area contributed by atoms with Gasteiger partial charge in [-0.2, -0.15) is 0 Å². The fourth-order valence-corrected chi connectivity index (χ4v) is 3.75. The van der Waals surface area contributed by atoms with E-state index in [1.165, 1.54) is 11.3 Å². The molecule has 134 valence electrons. The van der Waals surface area contributed by atoms with Crippen LogP contribution in [0, 0.1) is 0 Å². The summed E-state index contributed by atoms with van der Waals surface area (Å²) >= 11 is 7.40. The number of ether oxygens (including phenoxy) is 1. The van der Waals surface area contributed by atoms with Crippen LogP contribution < -0.4 is 5.32 Å². The molecule has 0 spiro atoms. The molecular weight excluding hydrogens is 348 g/mol. The van der Waals surface area contributed by atoms with Crippen molar-refractivity contribution in [3.8, 4) is 0 Å². The monoisotopic (exact) mass is 372 g/mol. The van der Waals surface area contributed by atoms with Gasteiger partial charge in [-0.3, -0.25) is 9.69 Å². The van der Waals surface area contributed by atoms with E-state index >= 15 is 0 Å². The van der Waals surface area contributed by atoms with E-state index in [9.17, 15) is 9.59 Å². The van der Waals surface area contributed by atoms with Crippen LogP contribution >= 0.6 is 22.9 Å². The zero-order valence-corrected chi connectivity index (χ0v) is 16.2. The summed E-state index contributed by atoms with van der Waals surface area (Å²) in [6.45, 7) is 7.94. The second kappa shape index (κ2) is 7.74. The van der Waals surface area contributed by atoms with E-state index in [-0.39, 0.29) is 11.9 Å². The van der Waals surface area contributed by atoms with E-state index in [2.05, 4.69) is 5.32 Å². The van der Waals surface area contributed by atoms with Gasteiger partial charge in [-0.05, 0) is 59.1 Å². The Morgan fingerprint density at radius 3 is 2.67 bits per heavy atom. The summed E-state index contributed by atoms with van der Waals surface area (Å²) < 4.78 is 6.14. The highest BCUT2D eigenvalue weighted by molar-refractivity contribution is 7.16. The van der Waals surface area contributed by atoms with Gasteiger partial charge in [-0.25, -0.2) is 4.79 Å². The Kier molecular flexibility index (Phi) is 6.15. The predicted octanol–water partition coefficient (Wildman–Crippen LogP) is 4.37. The molecule has 1 aromatic rings. The Hall–Kier alpha value is -1.27. The molecule has 1 N–H and O–H groups in total. The topological polar surface area (TPSA) is 58.6 Å². The summed E-state index contributed by atoms with van der Waals surface area (Å²) in [5.74, 6) is -0.141. The minimum absolute atomic E-state index is 0.141. The van der Waals surface area contributed by atoms with Gasteiger partial charge in [-0.1, -0.05) is 11.6 Å². The molecule has 0 radical (unpaired) electrons. The van der Waals surface area contributed by atoms with Crippen LogP contribution in [0.15, 0.2) is 12.1 Å². The zero-order chi connectivity index (χ0) is 17.9. The first-order valence-corrected chi connectivity index (χ1v) is 9.42. The Bertz CT molecular complexity index is 597. The van der Waals surface area contributed by atoms with E-state index < -0.39 is 17.7 Å². The van der Waals surface area contributed by atoms with E-state index in [1.54, 1.807) is 4.90 Å². The molecule has 0 aromatic carbocycles. The highest BCUT2D eigenvalue weighted by Crippen LogP contribution is 2.27. The maximum atomic E-state index is 12.7. The molecule has 1 fully saturated rings. The minimum atomic E-state index is -0.573. The lowest BCUT2D eigenvalue weighted by Crippen LogP contribution is -2.53. The molecule has 2 atom stereocenters. The number of thiophene rings is 1. The second-order valence-corrected chi connectivity index (χ2v) is 8.80. The molecule has 1 aliphatic heterocycles. The molecular formula is C17H25ClN2O3S. The molecule has 24 heavy (non-hydrogen) atoms. The lowest BCUT2D eigenvalue weighted by molar-refractivity contribution is -0.128. The van der Waals surface area contributed by atoms with Crippen molar-refractivity contribution in [2.24, 2.45) is 0 Å². The number of hydrogen-bond donors (Lipinski definition) is 1. The Balaban J connectivity index is 2.03. The van der Waals surface area contributed by atoms with Gasteiger partial charge >= 0.3 is 6.09 Å². The van der Waals surface area contributed by atoms with Gasteiger partial charge in [0.05, 0.1) is 10.4 Å². The van der Waals surface area contributed by atoms with Crippen LogP contribution in [-0.2, 0) is 9.53 Å². The number of hydrogen-bond acceptors (Lipinski definition) is 4. The largest absolute Gasteiger partial charge is 0.444 e. The third-order valence-electron chi connectivity index (χ3n) is 3.81. The summed E-state index contributed by atoms with van der Waals surface area (Å²) in [5.41, 5.74) is -0.573. The van der Waals surface area contributed by atoms with E-state index in [4.69, 9.17) is 16.3 Å². The number of halogens is 1. The van der Waals surface area contributed by atoms with Crippen LogP contribution in [0.2, 0.25) is 4.34 Å². The lowest BCUT2D eigenvalue weighted by atomic mass is 10.0. The van der Waals surface area contributed by atoms with Crippen molar-refractivity contribution < 1.29 is 14.3 Å². The van der Waals surface area contributed by atoms with Gasteiger partial charge in [0.15, 0.2) is 0 Å². The zero-order valence-electron chi connectivity index (χ0n) is 14.6. The Labute approximate surface area is 152 Å². The highest BCUT2D eigenvalue weighted by atomic mass is 35.5. The van der Waals surface area contributed by atoms with Gasteiger partial charge in [-0.15, -0.1) is 11.3 Å². The first-order valence-electron chi connectivity index (χ1n) is 8.22. The van der Waals surface area contributed by atoms with E-state index in [0.29, 0.717) is 17.3 Å². The van der Waals surface area contributed by atoms with Crippen LogP contribution in [0.4, 0.5) is 4.79 Å². The highest BCUT2D eigenvalue weighted by Gasteiger charge is 2.35. The van der Waals surface area contributed by atoms with Crippen molar-refractivity contribution in [3.05, 3.63) is 21.3 Å². The molecule has 2 rings (SSSR count). The third kappa shape index (κ3) is 5.11. The van der Waals surface area contributed by atoms with Crippen LogP contribution in [0.5, 0.6) is 0 Å². The first kappa shape index (κ1) is 19.1. The van der Waals surface area contributed by atoms with Gasteiger partial charge < -0.3 is 10.1 Å². The summed E-state index contributed by atoms with van der Waals surface area (Å²) in [6, 6.07) is 3.10. The van der Waals surface area contributed by atoms with Gasteiger partial charge in [0, 0.05) is 11.4 Å². The number of likely N-dealkylation sites (tertiary alicyclic amines) is 1. The maximum Gasteiger partial charge on any atom is 0.410 e. The normalized spacial score (nSPS) is 19.7. The summed E-state index contributed by atoms with van der Waals surface area (Å²) in [7, 11) is 0. The SMILES string of the molecule is CC(NC(=O)C1CCCCN1C(=O)OC(C)(C)C)c1ccc(Cl)s1. The number of nitrogens with zero attached hydrogens (tertiary/aromatic N) is 1. The lowest BCUT2D eigenvalue weighted by Gasteiger charge is -2.36. The summed E-state index contributed by atoms with van der Waals surface area (Å²) in [6.07, 6.45) is 2.05. The minimum Gasteiger partial charge on any atom is -0.444 e. The van der Waals surface area contributed by atoms with E-state index in [1.807, 2.05) is 39.8 Å². The molecule has 0 bridgehead atoms. The summed E-state index contributed by atoms with van der Waals surface area (Å²) in [5, 5.41) is 2.99. The average molecular weight is 373 g/mol. The van der Waals surface area contributed by atoms with Gasteiger partial charge in [0.1, 0.15) is 11.6 Å². The average Bonchev–Trinajstić information content (AvgIpc) is 2.92. The number of rotatable bonds is 3. The smallest absolute Gasteiger partial charge is 0.410 e. The number of nitrogens with one attached hydrogen (secondary N) is 1.